The number of hydrogen-bond acceptors (Lipinski definition) is 1. The Morgan fingerprint density at radius 3 is 2.42 bits per heavy atom. The fraction of sp³-hybridized carbons (Fsp3) is 0.667. The molecule has 0 atom stereocenters. The molecule has 0 unspecified atom stereocenters. The summed E-state index contributed by atoms with van der Waals surface area (Å²) in [4.78, 5) is 4.34. The van der Waals surface area contributed by atoms with Crippen LogP contribution in [0.2, 0.25) is 0 Å². The SMILES string of the molecule is Cc1nc(Br)c(CC(C)C)n1C. The molecule has 0 aliphatic heterocycles. The molecule has 2 nitrogen and oxygen atoms in total. The molecule has 0 spiro atoms. The summed E-state index contributed by atoms with van der Waals surface area (Å²) in [7, 11) is 2.06. The Labute approximate surface area is 82.1 Å². The minimum absolute atomic E-state index is 0.677. The van der Waals surface area contributed by atoms with E-state index in [2.05, 4.69) is 46.4 Å². The van der Waals surface area contributed by atoms with E-state index < -0.39 is 0 Å². The van der Waals surface area contributed by atoms with Crippen LogP contribution in [0.15, 0.2) is 4.60 Å². The molecule has 1 rings (SSSR count). The average molecular weight is 231 g/mol. The van der Waals surface area contributed by atoms with Gasteiger partial charge in [0.1, 0.15) is 10.4 Å². The largest absolute Gasteiger partial charge is 0.334 e. The molecule has 0 amide bonds. The van der Waals surface area contributed by atoms with Gasteiger partial charge in [0, 0.05) is 7.05 Å². The number of nitrogens with zero attached hydrogens (tertiary/aromatic N) is 2. The number of aromatic nitrogens is 2. The second-order valence-corrected chi connectivity index (χ2v) is 4.30. The quantitative estimate of drug-likeness (QED) is 0.765. The molecular formula is C9H15BrN2. The van der Waals surface area contributed by atoms with E-state index in [-0.39, 0.29) is 0 Å². The highest BCUT2D eigenvalue weighted by molar-refractivity contribution is 9.10. The van der Waals surface area contributed by atoms with Crippen molar-refractivity contribution in [1.82, 2.24) is 9.55 Å². The molecule has 0 aromatic carbocycles. The second kappa shape index (κ2) is 3.60. The zero-order valence-corrected chi connectivity index (χ0v) is 9.64. The third-order valence-corrected chi connectivity index (χ3v) is 2.62. The predicted molar refractivity (Wildman–Crippen MR) is 54.2 cm³/mol. The van der Waals surface area contributed by atoms with Gasteiger partial charge in [-0.15, -0.1) is 0 Å². The summed E-state index contributed by atoms with van der Waals surface area (Å²) in [5.74, 6) is 1.74. The summed E-state index contributed by atoms with van der Waals surface area (Å²) in [6.45, 7) is 6.46. The van der Waals surface area contributed by atoms with Gasteiger partial charge in [0.25, 0.3) is 0 Å². The first kappa shape index (κ1) is 9.78. The van der Waals surface area contributed by atoms with E-state index in [0.717, 1.165) is 16.8 Å². The molecule has 0 bridgehead atoms. The third kappa shape index (κ3) is 1.89. The lowest BCUT2D eigenvalue weighted by molar-refractivity contribution is 0.611. The molecule has 12 heavy (non-hydrogen) atoms. The third-order valence-electron chi connectivity index (χ3n) is 1.99. The van der Waals surface area contributed by atoms with Crippen LogP contribution in [0.5, 0.6) is 0 Å². The first-order valence-corrected chi connectivity index (χ1v) is 4.99. The van der Waals surface area contributed by atoms with E-state index in [1.165, 1.54) is 5.69 Å². The Hall–Kier alpha value is -0.310. The van der Waals surface area contributed by atoms with Gasteiger partial charge in [0.2, 0.25) is 0 Å². The topological polar surface area (TPSA) is 17.8 Å². The van der Waals surface area contributed by atoms with E-state index in [1.54, 1.807) is 0 Å². The smallest absolute Gasteiger partial charge is 0.127 e. The van der Waals surface area contributed by atoms with Gasteiger partial charge in [-0.25, -0.2) is 4.98 Å². The van der Waals surface area contributed by atoms with E-state index in [1.807, 2.05) is 6.92 Å². The van der Waals surface area contributed by atoms with Crippen LogP contribution < -0.4 is 0 Å². The van der Waals surface area contributed by atoms with E-state index in [9.17, 15) is 0 Å². The van der Waals surface area contributed by atoms with Crippen molar-refractivity contribution >= 4 is 15.9 Å². The molecule has 1 heterocycles. The molecule has 0 N–H and O–H groups in total. The van der Waals surface area contributed by atoms with E-state index in [4.69, 9.17) is 0 Å². The van der Waals surface area contributed by atoms with Crippen molar-refractivity contribution in [2.45, 2.75) is 27.2 Å². The van der Waals surface area contributed by atoms with Crippen molar-refractivity contribution in [2.24, 2.45) is 13.0 Å². The van der Waals surface area contributed by atoms with Crippen LogP contribution >= 0.6 is 15.9 Å². The van der Waals surface area contributed by atoms with Crippen LogP contribution in [-0.2, 0) is 13.5 Å². The molecule has 3 heteroatoms. The van der Waals surface area contributed by atoms with Crippen molar-refractivity contribution in [1.29, 1.82) is 0 Å². The van der Waals surface area contributed by atoms with Gasteiger partial charge >= 0.3 is 0 Å². The molecule has 1 aromatic rings. The normalized spacial score (nSPS) is 11.2. The Morgan fingerprint density at radius 1 is 1.50 bits per heavy atom. The van der Waals surface area contributed by atoms with Crippen molar-refractivity contribution in [3.63, 3.8) is 0 Å². The first-order valence-electron chi connectivity index (χ1n) is 4.20. The van der Waals surface area contributed by atoms with Crippen LogP contribution in [0.25, 0.3) is 0 Å². The van der Waals surface area contributed by atoms with Crippen LogP contribution in [0.3, 0.4) is 0 Å². The van der Waals surface area contributed by atoms with Crippen molar-refractivity contribution in [3.8, 4) is 0 Å². The Balaban J connectivity index is 2.97. The van der Waals surface area contributed by atoms with Gasteiger partial charge in [-0.3, -0.25) is 0 Å². The summed E-state index contributed by atoms with van der Waals surface area (Å²) in [5.41, 5.74) is 1.29. The number of aryl methyl sites for hydroxylation is 1. The fourth-order valence-electron chi connectivity index (χ4n) is 1.22. The van der Waals surface area contributed by atoms with Crippen molar-refractivity contribution < 1.29 is 0 Å². The highest BCUT2D eigenvalue weighted by Crippen LogP contribution is 2.19. The summed E-state index contributed by atoms with van der Waals surface area (Å²) in [6, 6.07) is 0. The number of imidazole rings is 1. The molecule has 0 saturated carbocycles. The monoisotopic (exact) mass is 230 g/mol. The lowest BCUT2D eigenvalue weighted by Crippen LogP contribution is -2.02. The van der Waals surface area contributed by atoms with Gasteiger partial charge < -0.3 is 4.57 Å². The van der Waals surface area contributed by atoms with Gasteiger partial charge in [-0.05, 0) is 35.2 Å². The molecular weight excluding hydrogens is 216 g/mol. The second-order valence-electron chi connectivity index (χ2n) is 3.55. The zero-order chi connectivity index (χ0) is 9.30. The van der Waals surface area contributed by atoms with Crippen LogP contribution in [0, 0.1) is 12.8 Å². The predicted octanol–water partition coefficient (Wildman–Crippen LogP) is 2.69. The minimum Gasteiger partial charge on any atom is -0.334 e. The van der Waals surface area contributed by atoms with Crippen LogP contribution in [0.4, 0.5) is 0 Å². The fourth-order valence-corrected chi connectivity index (χ4v) is 1.91. The maximum atomic E-state index is 4.34. The molecule has 0 radical (unpaired) electrons. The zero-order valence-electron chi connectivity index (χ0n) is 8.06. The summed E-state index contributed by atoms with van der Waals surface area (Å²) in [5, 5.41) is 0. The number of rotatable bonds is 2. The van der Waals surface area contributed by atoms with E-state index in [0.29, 0.717) is 5.92 Å². The van der Waals surface area contributed by atoms with E-state index >= 15 is 0 Å². The van der Waals surface area contributed by atoms with Crippen molar-refractivity contribution in [3.05, 3.63) is 16.1 Å². The molecule has 0 aliphatic carbocycles. The summed E-state index contributed by atoms with van der Waals surface area (Å²) in [6.07, 6.45) is 1.08. The molecule has 0 saturated heterocycles. The average Bonchev–Trinajstić information content (AvgIpc) is 2.16. The highest BCUT2D eigenvalue weighted by atomic mass is 79.9. The van der Waals surface area contributed by atoms with Gasteiger partial charge in [0.15, 0.2) is 0 Å². The van der Waals surface area contributed by atoms with Crippen LogP contribution in [-0.4, -0.2) is 9.55 Å². The standard InChI is InChI=1S/C9H15BrN2/c1-6(2)5-8-9(10)11-7(3)12(8)4/h6H,5H2,1-4H3. The lowest BCUT2D eigenvalue weighted by Gasteiger charge is -2.06. The van der Waals surface area contributed by atoms with Crippen LogP contribution in [0.1, 0.15) is 25.4 Å². The summed E-state index contributed by atoms with van der Waals surface area (Å²) < 4.78 is 3.14. The molecule has 0 aliphatic rings. The van der Waals surface area contributed by atoms with Gasteiger partial charge in [0.05, 0.1) is 5.69 Å². The van der Waals surface area contributed by atoms with Crippen molar-refractivity contribution in [2.75, 3.05) is 0 Å². The molecule has 0 fully saturated rings. The van der Waals surface area contributed by atoms with Gasteiger partial charge in [-0.2, -0.15) is 0 Å². The first-order chi connectivity index (χ1) is 5.52. The maximum absolute atomic E-state index is 4.34. The molecule has 1 aromatic heterocycles. The maximum Gasteiger partial charge on any atom is 0.127 e. The Kier molecular flexibility index (Phi) is 2.94. The number of hydrogen-bond donors (Lipinski definition) is 0. The Morgan fingerprint density at radius 2 is 2.08 bits per heavy atom. The Bertz CT molecular complexity index is 276. The summed E-state index contributed by atoms with van der Waals surface area (Å²) >= 11 is 3.46. The number of halogens is 1. The van der Waals surface area contributed by atoms with Gasteiger partial charge in [-0.1, -0.05) is 13.8 Å². The molecule has 68 valence electrons. The highest BCUT2D eigenvalue weighted by Gasteiger charge is 2.10. The lowest BCUT2D eigenvalue weighted by atomic mass is 10.1. The minimum atomic E-state index is 0.677.